The van der Waals surface area contributed by atoms with E-state index in [1.165, 1.54) is 4.90 Å². The second-order valence-corrected chi connectivity index (χ2v) is 8.72. The number of carbonyl (C=O) groups excluding carboxylic acids is 2. The van der Waals surface area contributed by atoms with Gasteiger partial charge in [0.25, 0.3) is 11.7 Å². The summed E-state index contributed by atoms with van der Waals surface area (Å²) >= 11 is 12.4. The highest BCUT2D eigenvalue weighted by atomic mass is 35.5. The fourth-order valence-corrected chi connectivity index (χ4v) is 4.29. The van der Waals surface area contributed by atoms with Gasteiger partial charge >= 0.3 is 0 Å². The first-order chi connectivity index (χ1) is 15.3. The molecule has 32 heavy (non-hydrogen) atoms. The molecule has 1 aliphatic rings. The first-order valence-corrected chi connectivity index (χ1v) is 10.9. The average Bonchev–Trinajstić information content (AvgIpc) is 3.02. The lowest BCUT2D eigenvalue weighted by Gasteiger charge is -2.26. The van der Waals surface area contributed by atoms with E-state index in [0.29, 0.717) is 21.2 Å². The first-order valence-electron chi connectivity index (χ1n) is 10.1. The quantitative estimate of drug-likeness (QED) is 0.282. The molecule has 0 radical (unpaired) electrons. The summed E-state index contributed by atoms with van der Waals surface area (Å²) in [4.78, 5) is 27.8. The lowest BCUT2D eigenvalue weighted by molar-refractivity contribution is -0.140. The predicted octanol–water partition coefficient (Wildman–Crippen LogP) is 6.23. The Balaban J connectivity index is 1.92. The summed E-state index contributed by atoms with van der Waals surface area (Å²) in [6, 6.07) is 19.2. The van der Waals surface area contributed by atoms with Crippen molar-refractivity contribution in [2.45, 2.75) is 26.4 Å². The molecule has 1 aliphatic heterocycles. The maximum absolute atomic E-state index is 13.2. The van der Waals surface area contributed by atoms with Gasteiger partial charge in [-0.15, -0.1) is 0 Å². The molecule has 4 nitrogen and oxygen atoms in total. The van der Waals surface area contributed by atoms with Gasteiger partial charge in [-0.1, -0.05) is 77.3 Å². The van der Waals surface area contributed by atoms with E-state index in [1.54, 1.807) is 24.3 Å². The number of hydrogen-bond donors (Lipinski definition) is 1. The fourth-order valence-electron chi connectivity index (χ4n) is 3.99. The molecule has 1 heterocycles. The Morgan fingerprint density at radius 2 is 1.66 bits per heavy atom. The number of Topliss-reactive ketones (excluding diaryl/α,β-unsaturated/α-hetero) is 1. The molecular formula is C26H21Cl2NO3. The zero-order valence-electron chi connectivity index (χ0n) is 17.6. The number of aryl methyl sites for hydroxylation is 2. The molecule has 1 saturated heterocycles. The number of aliphatic hydroxyl groups excluding tert-OH is 1. The molecule has 1 atom stereocenters. The number of rotatable bonds is 4. The van der Waals surface area contributed by atoms with E-state index in [1.807, 2.05) is 56.3 Å². The van der Waals surface area contributed by atoms with Gasteiger partial charge in [-0.05, 0) is 48.7 Å². The highest BCUT2D eigenvalue weighted by Crippen LogP contribution is 2.42. The van der Waals surface area contributed by atoms with Gasteiger partial charge in [-0.2, -0.15) is 0 Å². The van der Waals surface area contributed by atoms with E-state index < -0.39 is 17.7 Å². The SMILES string of the molecule is Cc1ccc(C)c(/C(O)=C2\C(=O)C(=O)N(Cc3ccccc3)C2c2ccc(Cl)c(Cl)c2)c1. The smallest absolute Gasteiger partial charge is 0.295 e. The van der Waals surface area contributed by atoms with Crippen LogP contribution < -0.4 is 0 Å². The number of ketones is 1. The molecule has 3 aromatic carbocycles. The molecule has 0 bridgehead atoms. The number of aliphatic hydroxyl groups is 1. The third kappa shape index (κ3) is 4.04. The fraction of sp³-hybridized carbons (Fsp3) is 0.154. The summed E-state index contributed by atoms with van der Waals surface area (Å²) in [5, 5.41) is 11.9. The van der Waals surface area contributed by atoms with Gasteiger partial charge in [0.2, 0.25) is 0 Å². The summed E-state index contributed by atoms with van der Waals surface area (Å²) in [5.74, 6) is -1.59. The van der Waals surface area contributed by atoms with E-state index >= 15 is 0 Å². The monoisotopic (exact) mass is 465 g/mol. The number of carbonyl (C=O) groups is 2. The van der Waals surface area contributed by atoms with Crippen LogP contribution in [0.1, 0.15) is 33.9 Å². The van der Waals surface area contributed by atoms with Gasteiger partial charge in [-0.3, -0.25) is 9.59 Å². The van der Waals surface area contributed by atoms with Crippen molar-refractivity contribution in [2.75, 3.05) is 0 Å². The summed E-state index contributed by atoms with van der Waals surface area (Å²) in [5.41, 5.74) is 3.76. The summed E-state index contributed by atoms with van der Waals surface area (Å²) in [7, 11) is 0. The van der Waals surface area contributed by atoms with Gasteiger partial charge in [0.1, 0.15) is 5.76 Å². The predicted molar refractivity (Wildman–Crippen MR) is 127 cm³/mol. The number of halogens is 2. The molecule has 0 aromatic heterocycles. The van der Waals surface area contributed by atoms with Gasteiger partial charge in [-0.25, -0.2) is 0 Å². The number of nitrogens with zero attached hydrogens (tertiary/aromatic N) is 1. The van der Waals surface area contributed by atoms with Crippen LogP contribution in [0.5, 0.6) is 0 Å². The van der Waals surface area contributed by atoms with Gasteiger partial charge in [0.05, 0.1) is 21.7 Å². The van der Waals surface area contributed by atoms with E-state index in [0.717, 1.165) is 16.7 Å². The van der Waals surface area contributed by atoms with Crippen LogP contribution in [0.25, 0.3) is 5.76 Å². The van der Waals surface area contributed by atoms with E-state index in [9.17, 15) is 14.7 Å². The number of benzene rings is 3. The number of hydrogen-bond acceptors (Lipinski definition) is 3. The normalized spacial score (nSPS) is 17.8. The average molecular weight is 466 g/mol. The molecule has 1 fully saturated rings. The second kappa shape index (κ2) is 8.81. The van der Waals surface area contributed by atoms with Crippen LogP contribution in [0, 0.1) is 13.8 Å². The van der Waals surface area contributed by atoms with Crippen LogP contribution in [-0.4, -0.2) is 21.7 Å². The van der Waals surface area contributed by atoms with Crippen LogP contribution >= 0.6 is 23.2 Å². The molecule has 1 unspecified atom stereocenters. The minimum absolute atomic E-state index is 0.0398. The molecule has 1 N–H and O–H groups in total. The molecule has 162 valence electrons. The zero-order valence-corrected chi connectivity index (χ0v) is 19.1. The molecule has 0 saturated carbocycles. The molecule has 0 spiro atoms. The largest absolute Gasteiger partial charge is 0.507 e. The van der Waals surface area contributed by atoms with Crippen molar-refractivity contribution in [2.24, 2.45) is 0 Å². The van der Waals surface area contributed by atoms with Crippen molar-refractivity contribution < 1.29 is 14.7 Å². The Hall–Kier alpha value is -3.08. The third-order valence-electron chi connectivity index (χ3n) is 5.64. The Morgan fingerprint density at radius 1 is 0.938 bits per heavy atom. The Morgan fingerprint density at radius 3 is 2.34 bits per heavy atom. The van der Waals surface area contributed by atoms with Crippen LogP contribution in [0.4, 0.5) is 0 Å². The molecule has 4 rings (SSSR count). The van der Waals surface area contributed by atoms with Crippen LogP contribution in [-0.2, 0) is 16.1 Å². The summed E-state index contributed by atoms with van der Waals surface area (Å²) in [6.07, 6.45) is 0. The Kier molecular flexibility index (Phi) is 6.09. The van der Waals surface area contributed by atoms with Crippen molar-refractivity contribution >= 4 is 40.7 Å². The molecule has 3 aromatic rings. The third-order valence-corrected chi connectivity index (χ3v) is 6.38. The van der Waals surface area contributed by atoms with Gasteiger partial charge in [0, 0.05) is 12.1 Å². The summed E-state index contributed by atoms with van der Waals surface area (Å²) in [6.45, 7) is 3.96. The maximum Gasteiger partial charge on any atom is 0.295 e. The lowest BCUT2D eigenvalue weighted by Crippen LogP contribution is -2.29. The second-order valence-electron chi connectivity index (χ2n) is 7.90. The highest BCUT2D eigenvalue weighted by molar-refractivity contribution is 6.46. The van der Waals surface area contributed by atoms with Crippen molar-refractivity contribution in [3.8, 4) is 0 Å². The standard InChI is InChI=1S/C26H21Cl2NO3/c1-15-8-9-16(2)19(12-15)24(30)22-23(18-10-11-20(27)21(28)13-18)29(26(32)25(22)31)14-17-6-4-3-5-7-17/h3-13,23,30H,14H2,1-2H3/b24-22+. The van der Waals surface area contributed by atoms with E-state index in [2.05, 4.69) is 0 Å². The minimum Gasteiger partial charge on any atom is -0.507 e. The van der Waals surface area contributed by atoms with Crippen molar-refractivity contribution in [3.63, 3.8) is 0 Å². The molecule has 0 aliphatic carbocycles. The Bertz CT molecular complexity index is 1250. The topological polar surface area (TPSA) is 57.6 Å². The van der Waals surface area contributed by atoms with Crippen LogP contribution in [0.2, 0.25) is 10.0 Å². The van der Waals surface area contributed by atoms with Crippen LogP contribution in [0.15, 0.2) is 72.3 Å². The minimum atomic E-state index is -0.801. The summed E-state index contributed by atoms with van der Waals surface area (Å²) < 4.78 is 0. The first kappa shape index (κ1) is 22.1. The van der Waals surface area contributed by atoms with Crippen molar-refractivity contribution in [1.82, 2.24) is 4.90 Å². The van der Waals surface area contributed by atoms with Gasteiger partial charge in [0.15, 0.2) is 0 Å². The van der Waals surface area contributed by atoms with E-state index in [-0.39, 0.29) is 17.9 Å². The van der Waals surface area contributed by atoms with Crippen LogP contribution in [0.3, 0.4) is 0 Å². The van der Waals surface area contributed by atoms with Gasteiger partial charge < -0.3 is 10.0 Å². The zero-order chi connectivity index (χ0) is 23.0. The lowest BCUT2D eigenvalue weighted by atomic mass is 9.93. The number of amides is 1. The van der Waals surface area contributed by atoms with Crippen molar-refractivity contribution in [1.29, 1.82) is 0 Å². The Labute approximate surface area is 196 Å². The highest BCUT2D eigenvalue weighted by Gasteiger charge is 2.46. The maximum atomic E-state index is 13.2. The number of likely N-dealkylation sites (tertiary alicyclic amines) is 1. The molecular weight excluding hydrogens is 445 g/mol. The van der Waals surface area contributed by atoms with E-state index in [4.69, 9.17) is 23.2 Å². The molecule has 6 heteroatoms. The molecule has 1 amide bonds. The van der Waals surface area contributed by atoms with Crippen molar-refractivity contribution in [3.05, 3.63) is 110 Å².